The van der Waals surface area contributed by atoms with Gasteiger partial charge in [0, 0.05) is 34.4 Å². The van der Waals surface area contributed by atoms with Crippen LogP contribution >= 0.6 is 0 Å². The Labute approximate surface area is 172 Å². The van der Waals surface area contributed by atoms with Gasteiger partial charge in [-0.25, -0.2) is 0 Å². The molecule has 4 nitrogen and oxygen atoms in total. The maximum absolute atomic E-state index is 13.7. The number of hydrogen-bond donors (Lipinski definition) is 1. The van der Waals surface area contributed by atoms with Crippen molar-refractivity contribution in [2.45, 2.75) is 59.3 Å². The highest BCUT2D eigenvalue weighted by Gasteiger charge is 2.29. The topological polar surface area (TPSA) is 73.7 Å². The Balaban J connectivity index is 2.23. The van der Waals surface area contributed by atoms with Crippen LogP contribution in [0.3, 0.4) is 0 Å². The summed E-state index contributed by atoms with van der Waals surface area (Å²) in [5.41, 5.74) is 3.98. The summed E-state index contributed by atoms with van der Waals surface area (Å²) in [6, 6.07) is 7.14. The Morgan fingerprint density at radius 2 is 1.93 bits per heavy atom. The predicted octanol–water partition coefficient (Wildman–Crippen LogP) is 4.62. The van der Waals surface area contributed by atoms with Gasteiger partial charge in [0.05, 0.1) is 11.6 Å². The highest BCUT2D eigenvalue weighted by Crippen LogP contribution is 2.36. The number of nitriles is 1. The van der Waals surface area contributed by atoms with Crippen LogP contribution in [0, 0.1) is 36.0 Å². The first-order chi connectivity index (χ1) is 13.8. The number of nitrogens with one attached hydrogen (secondary N) is 1. The molecular weight excluding hydrogens is 360 g/mol. The smallest absolute Gasteiger partial charge is 0.252 e. The number of carbonyl (C=O) groups excluding carboxylic acids is 1. The van der Waals surface area contributed by atoms with Gasteiger partial charge in [-0.2, -0.15) is 5.26 Å². The average Bonchev–Trinajstić information content (AvgIpc) is 3.51. The van der Waals surface area contributed by atoms with Crippen LogP contribution in [-0.4, -0.2) is 10.8 Å². The van der Waals surface area contributed by atoms with E-state index in [2.05, 4.69) is 22.9 Å². The van der Waals surface area contributed by atoms with Gasteiger partial charge in [-0.1, -0.05) is 32.6 Å². The molecule has 1 N–H and O–H groups in total. The lowest BCUT2D eigenvalue weighted by Gasteiger charge is -2.18. The van der Waals surface area contributed by atoms with E-state index in [1.54, 1.807) is 18.2 Å². The van der Waals surface area contributed by atoms with E-state index in [0.29, 0.717) is 40.2 Å². The first kappa shape index (κ1) is 20.6. The van der Waals surface area contributed by atoms with Crippen LogP contribution in [0.4, 0.5) is 0 Å². The number of benzene rings is 1. The number of nitrogens with zero attached hydrogens (tertiary/aromatic N) is 1. The van der Waals surface area contributed by atoms with E-state index in [-0.39, 0.29) is 17.3 Å². The minimum atomic E-state index is -0.206. The summed E-state index contributed by atoms with van der Waals surface area (Å²) in [5, 5.41) is 9.41. The van der Waals surface area contributed by atoms with Crippen LogP contribution in [0.2, 0.25) is 0 Å². The Bertz CT molecular complexity index is 1120. The third kappa shape index (κ3) is 4.49. The minimum absolute atomic E-state index is 0.0882. The van der Waals surface area contributed by atoms with Gasteiger partial charge in [0.1, 0.15) is 0 Å². The van der Waals surface area contributed by atoms with Crippen molar-refractivity contribution in [3.8, 4) is 17.9 Å². The molecule has 2 aromatic rings. The number of aromatic nitrogens is 1. The molecule has 1 aliphatic carbocycles. The largest absolute Gasteiger partial charge is 0.326 e. The third-order valence-electron chi connectivity index (χ3n) is 5.30. The molecule has 1 aliphatic rings. The van der Waals surface area contributed by atoms with Crippen molar-refractivity contribution in [3.63, 3.8) is 0 Å². The summed E-state index contributed by atoms with van der Waals surface area (Å²) < 4.78 is 0. The molecule has 1 aromatic heterocycles. The van der Waals surface area contributed by atoms with Crippen molar-refractivity contribution in [2.24, 2.45) is 5.92 Å². The van der Waals surface area contributed by atoms with E-state index in [1.807, 2.05) is 27.7 Å². The number of H-pyrrole nitrogens is 1. The number of rotatable bonds is 5. The molecule has 148 valence electrons. The lowest BCUT2D eigenvalue weighted by atomic mass is 9.86. The fourth-order valence-electron chi connectivity index (χ4n) is 3.68. The molecule has 1 saturated carbocycles. The molecule has 0 aliphatic heterocycles. The zero-order valence-corrected chi connectivity index (χ0v) is 17.5. The van der Waals surface area contributed by atoms with Gasteiger partial charge in [0.25, 0.3) is 5.56 Å². The average molecular weight is 386 g/mol. The maximum Gasteiger partial charge on any atom is 0.252 e. The molecule has 0 atom stereocenters. The van der Waals surface area contributed by atoms with Gasteiger partial charge in [-0.05, 0) is 61.8 Å². The van der Waals surface area contributed by atoms with Gasteiger partial charge in [-0.3, -0.25) is 9.59 Å². The summed E-state index contributed by atoms with van der Waals surface area (Å²) >= 11 is 0. The van der Waals surface area contributed by atoms with Crippen molar-refractivity contribution in [2.75, 3.05) is 0 Å². The van der Waals surface area contributed by atoms with Gasteiger partial charge in [0.2, 0.25) is 0 Å². The summed E-state index contributed by atoms with van der Waals surface area (Å²) in [5.74, 6) is 6.29. The standard InChI is InChI=1S/C25H26N2O2/c1-5-6-7-18-10-19(14-26)12-20(11-18)24(28)23-21(13-17-8-9-17)16(4)27-25(29)22(23)15(2)3/h10-12,15,17H,5,8-9,13H2,1-4H3,(H,27,29). The second-order valence-electron chi connectivity index (χ2n) is 8.04. The first-order valence-corrected chi connectivity index (χ1v) is 10.2. The Kier molecular flexibility index (Phi) is 6.04. The molecule has 3 rings (SSSR count). The number of ketones is 1. The highest BCUT2D eigenvalue weighted by atomic mass is 16.1. The fraction of sp³-hybridized carbons (Fsp3) is 0.400. The third-order valence-corrected chi connectivity index (χ3v) is 5.30. The molecule has 0 amide bonds. The molecule has 4 heteroatoms. The molecule has 0 unspecified atom stereocenters. The van der Waals surface area contributed by atoms with Crippen LogP contribution in [-0.2, 0) is 6.42 Å². The lowest BCUT2D eigenvalue weighted by Crippen LogP contribution is -2.24. The number of pyridine rings is 1. The number of aromatic amines is 1. The predicted molar refractivity (Wildman–Crippen MR) is 114 cm³/mol. The Morgan fingerprint density at radius 3 is 2.52 bits per heavy atom. The van der Waals surface area contributed by atoms with Crippen LogP contribution in [0.15, 0.2) is 23.0 Å². The summed E-state index contributed by atoms with van der Waals surface area (Å²) in [6.07, 6.45) is 3.80. The van der Waals surface area contributed by atoms with Crippen LogP contribution in [0.25, 0.3) is 0 Å². The normalized spacial score (nSPS) is 13.0. The van der Waals surface area contributed by atoms with E-state index in [4.69, 9.17) is 0 Å². The molecule has 1 aromatic carbocycles. The van der Waals surface area contributed by atoms with E-state index >= 15 is 0 Å². The second-order valence-corrected chi connectivity index (χ2v) is 8.04. The Hall–Kier alpha value is -3.11. The van der Waals surface area contributed by atoms with Gasteiger partial charge >= 0.3 is 0 Å². The summed E-state index contributed by atoms with van der Waals surface area (Å²) in [7, 11) is 0. The molecular formula is C25H26N2O2. The molecule has 29 heavy (non-hydrogen) atoms. The van der Waals surface area contributed by atoms with E-state index < -0.39 is 0 Å². The van der Waals surface area contributed by atoms with E-state index in [0.717, 1.165) is 30.5 Å². The fourth-order valence-corrected chi connectivity index (χ4v) is 3.68. The van der Waals surface area contributed by atoms with Crippen molar-refractivity contribution in [3.05, 3.63) is 67.6 Å². The quantitative estimate of drug-likeness (QED) is 0.602. The number of hydrogen-bond acceptors (Lipinski definition) is 3. The monoisotopic (exact) mass is 386 g/mol. The van der Waals surface area contributed by atoms with Crippen molar-refractivity contribution < 1.29 is 4.79 Å². The molecule has 1 heterocycles. The zero-order chi connectivity index (χ0) is 21.1. The molecule has 1 fully saturated rings. The van der Waals surface area contributed by atoms with Crippen molar-refractivity contribution >= 4 is 5.78 Å². The van der Waals surface area contributed by atoms with E-state index in [9.17, 15) is 14.9 Å². The highest BCUT2D eigenvalue weighted by molar-refractivity contribution is 6.11. The number of aryl methyl sites for hydroxylation is 1. The maximum atomic E-state index is 13.7. The van der Waals surface area contributed by atoms with Crippen molar-refractivity contribution in [1.29, 1.82) is 5.26 Å². The van der Waals surface area contributed by atoms with Gasteiger partial charge < -0.3 is 4.98 Å². The van der Waals surface area contributed by atoms with Gasteiger partial charge in [0.15, 0.2) is 5.78 Å². The molecule has 0 spiro atoms. The SMILES string of the molecule is CCC#Cc1cc(C#N)cc(C(=O)c2c(CC3CC3)c(C)[nH]c(=O)c2C(C)C)c1. The van der Waals surface area contributed by atoms with E-state index in [1.165, 1.54) is 0 Å². The molecule has 0 radical (unpaired) electrons. The second kappa shape index (κ2) is 8.50. The molecule has 0 bridgehead atoms. The number of carbonyl (C=O) groups is 1. The Morgan fingerprint density at radius 1 is 1.24 bits per heavy atom. The zero-order valence-electron chi connectivity index (χ0n) is 17.5. The van der Waals surface area contributed by atoms with Crippen LogP contribution in [0.1, 0.15) is 89.8 Å². The van der Waals surface area contributed by atoms with Gasteiger partial charge in [-0.15, -0.1) is 0 Å². The molecule has 0 saturated heterocycles. The summed E-state index contributed by atoms with van der Waals surface area (Å²) in [6.45, 7) is 7.68. The lowest BCUT2D eigenvalue weighted by molar-refractivity contribution is 0.103. The first-order valence-electron chi connectivity index (χ1n) is 10.2. The van der Waals surface area contributed by atoms with Crippen LogP contribution < -0.4 is 5.56 Å². The summed E-state index contributed by atoms with van der Waals surface area (Å²) in [4.78, 5) is 29.4. The van der Waals surface area contributed by atoms with Crippen LogP contribution in [0.5, 0.6) is 0 Å². The van der Waals surface area contributed by atoms with Crippen molar-refractivity contribution in [1.82, 2.24) is 4.98 Å². The minimum Gasteiger partial charge on any atom is -0.326 e.